The molecule has 0 bridgehead atoms. The molecule has 1 aromatic rings. The van der Waals surface area contributed by atoms with Crippen molar-refractivity contribution in [3.63, 3.8) is 0 Å². The first-order valence-electron chi connectivity index (χ1n) is 4.99. The van der Waals surface area contributed by atoms with E-state index in [-0.39, 0.29) is 0 Å². The van der Waals surface area contributed by atoms with E-state index in [2.05, 4.69) is 38.1 Å². The van der Waals surface area contributed by atoms with Crippen molar-refractivity contribution >= 4 is 11.8 Å². The molecule has 2 heteroatoms. The molecule has 78 valence electrons. The molecule has 0 fully saturated rings. The lowest BCUT2D eigenvalue weighted by atomic mass is 10.0. The number of hydrogen-bond donors (Lipinski definition) is 0. The third kappa shape index (κ3) is 3.35. The van der Waals surface area contributed by atoms with Crippen molar-refractivity contribution in [2.24, 2.45) is 0 Å². The van der Waals surface area contributed by atoms with Gasteiger partial charge < -0.3 is 4.74 Å². The van der Waals surface area contributed by atoms with Crippen LogP contribution in [-0.4, -0.2) is 19.5 Å². The molecule has 0 aliphatic heterocycles. The molecule has 0 aromatic heterocycles. The first-order chi connectivity index (χ1) is 6.77. The molecule has 0 aliphatic rings. The zero-order valence-electron chi connectivity index (χ0n) is 9.12. The summed E-state index contributed by atoms with van der Waals surface area (Å²) in [6.07, 6.45) is 0. The highest BCUT2D eigenvalue weighted by Gasteiger charge is 2.04. The van der Waals surface area contributed by atoms with Gasteiger partial charge in [0, 0.05) is 17.9 Å². The van der Waals surface area contributed by atoms with Crippen LogP contribution in [-0.2, 0) is 4.74 Å². The standard InChI is InChI=1S/C12H18OS/c1-4-14-12-7-5-11(6-8-12)10(2)9-13-3/h5-8,10H,4,9H2,1-3H3. The Bertz CT molecular complexity index is 256. The van der Waals surface area contributed by atoms with Gasteiger partial charge in [0.25, 0.3) is 0 Å². The molecule has 0 radical (unpaired) electrons. The van der Waals surface area contributed by atoms with E-state index in [9.17, 15) is 0 Å². The summed E-state index contributed by atoms with van der Waals surface area (Å²) in [5.74, 6) is 1.62. The Kier molecular flexibility index (Phi) is 5.05. The van der Waals surface area contributed by atoms with E-state index in [1.807, 2.05) is 11.8 Å². The Hall–Kier alpha value is -0.470. The maximum Gasteiger partial charge on any atom is 0.0528 e. The summed E-state index contributed by atoms with van der Waals surface area (Å²) in [7, 11) is 1.75. The van der Waals surface area contributed by atoms with Gasteiger partial charge in [0.15, 0.2) is 0 Å². The number of ether oxygens (including phenoxy) is 1. The second-order valence-corrected chi connectivity index (χ2v) is 4.70. The van der Waals surface area contributed by atoms with Crippen molar-refractivity contribution in [1.82, 2.24) is 0 Å². The van der Waals surface area contributed by atoms with Crippen molar-refractivity contribution in [1.29, 1.82) is 0 Å². The molecule has 0 heterocycles. The van der Waals surface area contributed by atoms with Gasteiger partial charge in [0.1, 0.15) is 0 Å². The fourth-order valence-electron chi connectivity index (χ4n) is 1.41. The van der Waals surface area contributed by atoms with E-state index in [1.165, 1.54) is 10.5 Å². The van der Waals surface area contributed by atoms with Gasteiger partial charge in [0.05, 0.1) is 6.61 Å². The van der Waals surface area contributed by atoms with E-state index in [1.54, 1.807) is 7.11 Å². The second kappa shape index (κ2) is 6.10. The van der Waals surface area contributed by atoms with Gasteiger partial charge in [-0.2, -0.15) is 0 Å². The van der Waals surface area contributed by atoms with Gasteiger partial charge >= 0.3 is 0 Å². The Morgan fingerprint density at radius 2 is 1.93 bits per heavy atom. The van der Waals surface area contributed by atoms with Gasteiger partial charge in [0.2, 0.25) is 0 Å². The Balaban J connectivity index is 2.62. The van der Waals surface area contributed by atoms with Crippen molar-refractivity contribution in [2.75, 3.05) is 19.5 Å². The molecule has 1 unspecified atom stereocenters. The number of hydrogen-bond acceptors (Lipinski definition) is 2. The Morgan fingerprint density at radius 3 is 2.43 bits per heavy atom. The van der Waals surface area contributed by atoms with Gasteiger partial charge in [-0.1, -0.05) is 26.0 Å². The molecule has 0 saturated carbocycles. The lowest BCUT2D eigenvalue weighted by Crippen LogP contribution is -2.01. The van der Waals surface area contributed by atoms with Gasteiger partial charge in [-0.3, -0.25) is 0 Å². The molecule has 0 N–H and O–H groups in total. The summed E-state index contributed by atoms with van der Waals surface area (Å²) in [4.78, 5) is 1.35. The van der Waals surface area contributed by atoms with Crippen LogP contribution in [0.2, 0.25) is 0 Å². The fourth-order valence-corrected chi connectivity index (χ4v) is 2.07. The van der Waals surface area contributed by atoms with Crippen molar-refractivity contribution in [2.45, 2.75) is 24.7 Å². The highest BCUT2D eigenvalue weighted by Crippen LogP contribution is 2.21. The van der Waals surface area contributed by atoms with Crippen molar-refractivity contribution in [3.05, 3.63) is 29.8 Å². The lowest BCUT2D eigenvalue weighted by molar-refractivity contribution is 0.184. The summed E-state index contributed by atoms with van der Waals surface area (Å²) in [6, 6.07) is 8.77. The minimum absolute atomic E-state index is 0.487. The molecule has 0 saturated heterocycles. The van der Waals surface area contributed by atoms with Crippen LogP contribution in [0.1, 0.15) is 25.3 Å². The van der Waals surface area contributed by atoms with Crippen LogP contribution in [0.5, 0.6) is 0 Å². The van der Waals surface area contributed by atoms with E-state index >= 15 is 0 Å². The molecule has 0 spiro atoms. The van der Waals surface area contributed by atoms with Crippen LogP contribution in [0.4, 0.5) is 0 Å². The number of rotatable bonds is 5. The quantitative estimate of drug-likeness (QED) is 0.687. The first-order valence-corrected chi connectivity index (χ1v) is 5.98. The summed E-state index contributed by atoms with van der Waals surface area (Å²) >= 11 is 1.88. The molecule has 1 nitrogen and oxygen atoms in total. The Labute approximate surface area is 90.9 Å². The molecule has 0 aliphatic carbocycles. The van der Waals surface area contributed by atoms with Crippen LogP contribution in [0, 0.1) is 0 Å². The number of benzene rings is 1. The maximum atomic E-state index is 5.13. The van der Waals surface area contributed by atoms with E-state index in [0.717, 1.165) is 12.4 Å². The largest absolute Gasteiger partial charge is 0.384 e. The van der Waals surface area contributed by atoms with Gasteiger partial charge in [-0.15, -0.1) is 11.8 Å². The zero-order valence-corrected chi connectivity index (χ0v) is 9.93. The van der Waals surface area contributed by atoms with E-state index in [0.29, 0.717) is 5.92 Å². The summed E-state index contributed by atoms with van der Waals surface area (Å²) in [6.45, 7) is 5.15. The monoisotopic (exact) mass is 210 g/mol. The van der Waals surface area contributed by atoms with Crippen molar-refractivity contribution in [3.8, 4) is 0 Å². The normalized spacial score (nSPS) is 12.8. The highest BCUT2D eigenvalue weighted by molar-refractivity contribution is 7.99. The SMILES string of the molecule is CCSc1ccc(C(C)COC)cc1. The maximum absolute atomic E-state index is 5.13. The third-order valence-corrected chi connectivity index (χ3v) is 3.07. The predicted molar refractivity (Wildman–Crippen MR) is 63.1 cm³/mol. The third-order valence-electron chi connectivity index (χ3n) is 2.18. The molecule has 1 rings (SSSR count). The molecule has 1 atom stereocenters. The summed E-state index contributed by atoms with van der Waals surface area (Å²) in [5, 5.41) is 0. The fraction of sp³-hybridized carbons (Fsp3) is 0.500. The zero-order chi connectivity index (χ0) is 10.4. The molecule has 1 aromatic carbocycles. The minimum Gasteiger partial charge on any atom is -0.384 e. The van der Waals surface area contributed by atoms with Gasteiger partial charge in [-0.05, 0) is 23.4 Å². The summed E-state index contributed by atoms with van der Waals surface area (Å²) in [5.41, 5.74) is 1.35. The molecular formula is C12H18OS. The van der Waals surface area contributed by atoms with Crippen LogP contribution in [0.3, 0.4) is 0 Å². The Morgan fingerprint density at radius 1 is 1.29 bits per heavy atom. The molecule has 0 amide bonds. The second-order valence-electron chi connectivity index (χ2n) is 3.36. The van der Waals surface area contributed by atoms with Crippen LogP contribution in [0.15, 0.2) is 29.2 Å². The topological polar surface area (TPSA) is 9.23 Å². The molecular weight excluding hydrogens is 192 g/mol. The highest BCUT2D eigenvalue weighted by atomic mass is 32.2. The van der Waals surface area contributed by atoms with Crippen LogP contribution in [0.25, 0.3) is 0 Å². The lowest BCUT2D eigenvalue weighted by Gasteiger charge is -2.10. The molecule has 14 heavy (non-hydrogen) atoms. The van der Waals surface area contributed by atoms with Crippen LogP contribution >= 0.6 is 11.8 Å². The van der Waals surface area contributed by atoms with Crippen LogP contribution < -0.4 is 0 Å². The van der Waals surface area contributed by atoms with Gasteiger partial charge in [-0.25, -0.2) is 0 Å². The van der Waals surface area contributed by atoms with E-state index < -0.39 is 0 Å². The minimum atomic E-state index is 0.487. The number of methoxy groups -OCH3 is 1. The smallest absolute Gasteiger partial charge is 0.0528 e. The average molecular weight is 210 g/mol. The number of thioether (sulfide) groups is 1. The van der Waals surface area contributed by atoms with Crippen molar-refractivity contribution < 1.29 is 4.74 Å². The average Bonchev–Trinajstić information content (AvgIpc) is 2.20. The van der Waals surface area contributed by atoms with E-state index in [4.69, 9.17) is 4.74 Å². The summed E-state index contributed by atoms with van der Waals surface area (Å²) < 4.78 is 5.13. The predicted octanol–water partition coefficient (Wildman–Crippen LogP) is 3.55. The first kappa shape index (κ1) is 11.6.